The van der Waals surface area contributed by atoms with Gasteiger partial charge in [-0.2, -0.15) is 4.31 Å². The molecular weight excluding hydrogens is 1100 g/mol. The Kier molecular flexibility index (Phi) is 25.9. The zero-order chi connectivity index (χ0) is 62.4. The zero-order valence-corrected chi connectivity index (χ0v) is 50.1. The summed E-state index contributed by atoms with van der Waals surface area (Å²) in [6.45, 7) is 11.1. The molecule has 0 bridgehead atoms. The van der Waals surface area contributed by atoms with Gasteiger partial charge in [0.15, 0.2) is 5.96 Å². The van der Waals surface area contributed by atoms with Gasteiger partial charge in [0.05, 0.1) is 12.0 Å². The van der Waals surface area contributed by atoms with Crippen LogP contribution in [0.1, 0.15) is 104 Å². The number of sulfonamides is 1. The number of hydrogen-bond donors (Lipinski definition) is 9. The van der Waals surface area contributed by atoms with Crippen LogP contribution in [0, 0.1) is 0 Å². The lowest BCUT2D eigenvalue weighted by atomic mass is 10.0. The molecule has 1 aliphatic heterocycles. The van der Waals surface area contributed by atoms with Gasteiger partial charge in [0.25, 0.3) is 0 Å². The maximum atomic E-state index is 13.9. The largest absolute Gasteiger partial charge is 0.480 e. The van der Waals surface area contributed by atoms with Gasteiger partial charge in [-0.3, -0.25) is 39.8 Å². The second kappa shape index (κ2) is 31.9. The smallest absolute Gasteiger partial charge is 0.414 e. The summed E-state index contributed by atoms with van der Waals surface area (Å²) in [5.74, 6) is -2.84. The minimum absolute atomic E-state index is 0.0125. The third kappa shape index (κ3) is 23.1. The van der Waals surface area contributed by atoms with Crippen LogP contribution < -0.4 is 48.7 Å². The second-order valence-corrected chi connectivity index (χ2v) is 23.8. The van der Waals surface area contributed by atoms with Crippen molar-refractivity contribution < 1.29 is 61.3 Å². The number of carbonyl (C=O) groups is 7. The summed E-state index contributed by atoms with van der Waals surface area (Å²) in [6, 6.07) is 21.1. The number of nitrogens with one attached hydrogen (secondary N) is 5. The van der Waals surface area contributed by atoms with Crippen molar-refractivity contribution in [2.45, 2.75) is 140 Å². The first-order chi connectivity index (χ1) is 39.5. The number of guanidine groups is 2. The summed E-state index contributed by atoms with van der Waals surface area (Å²) in [5, 5.41) is 24.2. The van der Waals surface area contributed by atoms with Crippen LogP contribution in [-0.2, 0) is 61.0 Å². The van der Waals surface area contributed by atoms with Crippen LogP contribution in [0.25, 0.3) is 10.8 Å². The number of nitrogens with zero attached hydrogens (tertiary/aromatic N) is 4. The molecule has 0 saturated carbocycles. The molecule has 5 amide bonds. The maximum absolute atomic E-state index is 13.9. The van der Waals surface area contributed by atoms with Crippen LogP contribution in [0.15, 0.2) is 99.8 Å². The molecule has 25 nitrogen and oxygen atoms in total. The van der Waals surface area contributed by atoms with E-state index in [1.807, 2.05) is 31.1 Å². The molecule has 5 rings (SSSR count). The number of esters is 1. The van der Waals surface area contributed by atoms with E-state index in [1.165, 1.54) is 17.5 Å². The van der Waals surface area contributed by atoms with Gasteiger partial charge in [0.1, 0.15) is 29.3 Å². The van der Waals surface area contributed by atoms with E-state index in [4.69, 9.17) is 26.7 Å². The Morgan fingerprint density at radius 2 is 1.21 bits per heavy atom. The zero-order valence-electron chi connectivity index (χ0n) is 49.3. The van der Waals surface area contributed by atoms with Crippen molar-refractivity contribution in [1.29, 1.82) is 0 Å². The fourth-order valence-electron chi connectivity index (χ4n) is 8.49. The minimum atomic E-state index is -4.09. The number of methoxy groups -OCH3 is 1. The van der Waals surface area contributed by atoms with E-state index in [9.17, 15) is 47.1 Å². The monoisotopic (exact) mass is 1190 g/mol. The number of ether oxygens (including phenoxy) is 3. The first-order valence-electron chi connectivity index (χ1n) is 27.4. The van der Waals surface area contributed by atoms with E-state index >= 15 is 0 Å². The summed E-state index contributed by atoms with van der Waals surface area (Å²) in [7, 11) is 0.956. The van der Waals surface area contributed by atoms with Crippen LogP contribution in [0.5, 0.6) is 0 Å². The summed E-state index contributed by atoms with van der Waals surface area (Å²) in [5.41, 5.74) is 18.4. The average Bonchev–Trinajstić information content (AvgIpc) is 1.83. The molecule has 0 radical (unpaired) electrons. The maximum Gasteiger partial charge on any atom is 0.414 e. The number of aliphatic imine (C=N–C) groups is 2. The number of hydrogen-bond acceptors (Lipinski definition) is 16. The Labute approximate surface area is 490 Å². The van der Waals surface area contributed by atoms with Gasteiger partial charge in [-0.25, -0.2) is 22.8 Å². The van der Waals surface area contributed by atoms with E-state index in [-0.39, 0.29) is 61.0 Å². The molecule has 4 aromatic carbocycles. The van der Waals surface area contributed by atoms with Gasteiger partial charge in [-0.15, -0.1) is 0 Å². The minimum Gasteiger partial charge on any atom is -0.480 e. The number of carboxylic acids is 1. The molecular formula is C58H82N12O13S. The first kappa shape index (κ1) is 68.1. The third-order valence-electron chi connectivity index (χ3n) is 12.4. The Bertz CT molecular complexity index is 3050. The van der Waals surface area contributed by atoms with E-state index in [1.54, 1.807) is 108 Å². The predicted molar refractivity (Wildman–Crippen MR) is 322 cm³/mol. The molecule has 26 heteroatoms. The molecule has 84 heavy (non-hydrogen) atoms. The van der Waals surface area contributed by atoms with E-state index in [0.717, 1.165) is 16.6 Å². The van der Waals surface area contributed by atoms with Gasteiger partial charge in [0.2, 0.25) is 33.7 Å². The van der Waals surface area contributed by atoms with Crippen molar-refractivity contribution in [3.05, 3.63) is 96.1 Å². The van der Waals surface area contributed by atoms with Gasteiger partial charge in [-0.1, -0.05) is 48.5 Å². The van der Waals surface area contributed by atoms with Crippen molar-refractivity contribution in [1.82, 2.24) is 20.3 Å². The topological polar surface area (TPSA) is 371 Å². The van der Waals surface area contributed by atoms with Crippen molar-refractivity contribution in [3.63, 3.8) is 0 Å². The average molecular weight is 1190 g/mol. The summed E-state index contributed by atoms with van der Waals surface area (Å²) >= 11 is 0. The molecule has 4 aromatic rings. The number of fused-ring (bicyclic) bond motifs is 1. The number of aliphatic carboxylic acids is 1. The molecule has 0 spiro atoms. The number of alkyl carbamates (subject to hydrolysis) is 2. The fourth-order valence-corrected chi connectivity index (χ4v) is 10.4. The summed E-state index contributed by atoms with van der Waals surface area (Å²) < 4.78 is 44.1. The molecule has 1 heterocycles. The molecule has 0 aliphatic carbocycles. The molecule has 1 unspecified atom stereocenters. The lowest BCUT2D eigenvalue weighted by Crippen LogP contribution is -2.51. The molecule has 1 saturated heterocycles. The second-order valence-electron chi connectivity index (χ2n) is 21.9. The molecule has 1 aliphatic rings. The normalized spacial score (nSPS) is 14.0. The Morgan fingerprint density at radius 1 is 0.714 bits per heavy atom. The van der Waals surface area contributed by atoms with Gasteiger partial charge < -0.3 is 57.4 Å². The number of carbonyl (C=O) groups excluding carboxylic acids is 6. The fraction of sp³-hybridized carbons (Fsp3) is 0.466. The lowest BCUT2D eigenvalue weighted by Gasteiger charge is -2.26. The van der Waals surface area contributed by atoms with E-state index in [0.29, 0.717) is 73.8 Å². The highest BCUT2D eigenvalue weighted by Gasteiger charge is 2.41. The van der Waals surface area contributed by atoms with Crippen LogP contribution in [0.4, 0.5) is 26.7 Å². The van der Waals surface area contributed by atoms with Crippen molar-refractivity contribution in [2.24, 2.45) is 27.2 Å². The number of anilines is 3. The molecule has 3 atom stereocenters. The van der Waals surface area contributed by atoms with Crippen molar-refractivity contribution in [2.75, 3.05) is 56.4 Å². The highest BCUT2D eigenvalue weighted by atomic mass is 32.2. The Hall–Kier alpha value is -8.36. The highest BCUT2D eigenvalue weighted by Crippen LogP contribution is 2.34. The third-order valence-corrected chi connectivity index (χ3v) is 14.3. The van der Waals surface area contributed by atoms with Crippen molar-refractivity contribution in [3.8, 4) is 0 Å². The van der Waals surface area contributed by atoms with Crippen molar-refractivity contribution >= 4 is 91.6 Å². The number of amides is 5. The molecule has 0 aromatic heterocycles. The van der Waals surface area contributed by atoms with Crippen LogP contribution in [0.3, 0.4) is 0 Å². The van der Waals surface area contributed by atoms with Gasteiger partial charge in [-0.05, 0) is 134 Å². The Balaban J connectivity index is 0.000000368. The standard InChI is InChI=1S/C32H41N7O6S.C26H41N5O7/c1-38(2)26-10-5-9-24-23(26)8-6-12-28(24)46(44,45)39-19-7-11-27(39)30(41)37-25(31(42)43)20-21-14-16-22(17-15-21)36-29(40)13-3-4-18-35-32(33)34;1-25(2,3)37-23(34)30-22(31-24(35)38-26(4,5)6)28-15-9-8-10-20(32)29-18-13-11-17(12-14-18)16-19(27)21(33)36-7/h5-6,8-10,12,14-17,25,27H,3-4,7,11,13,18-20H2,1-2H3,(H,36,40)(H,37,41)(H,42,43)(H4,33,34,35);11-14,19H,8-10,15-16,27H2,1-7H3,(H,29,32)(H2,28,30,31,34,35)/t25-,27?;19-/m00/s1. The lowest BCUT2D eigenvalue weighted by molar-refractivity contribution is -0.142. The van der Waals surface area contributed by atoms with Gasteiger partial charge in [0, 0.05) is 80.8 Å². The van der Waals surface area contributed by atoms with E-state index < -0.39 is 69.4 Å². The SMILES string of the molecule is CN(C)c1cccc2c(S(=O)(=O)N3CCCC3C(=O)N[C@@H](Cc3ccc(NC(=O)CCCCN=C(N)N)cc3)C(=O)O)cccc12.COC(=O)[C@@H](N)Cc1ccc(NC(=O)CCCCN=C(NC(=O)OC(C)(C)C)NC(=O)OC(C)(C)C)cc1. The number of carboxylic acid groups (broad SMARTS) is 1. The van der Waals surface area contributed by atoms with Gasteiger partial charge >= 0.3 is 24.1 Å². The molecule has 1 fully saturated rings. The van der Waals surface area contributed by atoms with Crippen LogP contribution >= 0.6 is 0 Å². The Morgan fingerprint density at radius 3 is 1.70 bits per heavy atom. The van der Waals surface area contributed by atoms with Crippen LogP contribution in [-0.4, -0.2) is 142 Å². The highest BCUT2D eigenvalue weighted by molar-refractivity contribution is 7.89. The first-order valence-corrected chi connectivity index (χ1v) is 28.8. The summed E-state index contributed by atoms with van der Waals surface area (Å²) in [6.07, 6.45) is 2.35. The number of rotatable bonds is 23. The number of nitrogens with two attached hydrogens (primary N) is 3. The number of benzene rings is 4. The van der Waals surface area contributed by atoms with Crippen LogP contribution in [0.2, 0.25) is 0 Å². The predicted octanol–water partition coefficient (Wildman–Crippen LogP) is 5.50. The molecule has 12 N–H and O–H groups in total. The quantitative estimate of drug-likeness (QED) is 0.0146. The molecule has 458 valence electrons. The van der Waals surface area contributed by atoms with E-state index in [2.05, 4.69) is 41.3 Å². The number of unbranched alkanes of at least 4 members (excludes halogenated alkanes) is 2. The summed E-state index contributed by atoms with van der Waals surface area (Å²) in [4.78, 5) is 95.9.